The number of carbonyl (C=O) groups is 1. The van der Waals surface area contributed by atoms with Crippen molar-refractivity contribution in [1.82, 2.24) is 10.2 Å². The van der Waals surface area contributed by atoms with Crippen molar-refractivity contribution in [3.8, 4) is 0 Å². The lowest BCUT2D eigenvalue weighted by Gasteiger charge is -2.27. The molecule has 1 amide bonds. The zero-order valence-corrected chi connectivity index (χ0v) is 12.3. The van der Waals surface area contributed by atoms with E-state index in [2.05, 4.69) is 5.32 Å². The molecule has 1 fully saturated rings. The molecule has 0 bridgehead atoms. The van der Waals surface area contributed by atoms with Crippen LogP contribution >= 0.6 is 0 Å². The molecule has 4 heteroatoms. The number of benzene rings is 1. The topological polar surface area (TPSA) is 32.3 Å². The van der Waals surface area contributed by atoms with Crippen molar-refractivity contribution in [2.24, 2.45) is 0 Å². The monoisotopic (exact) mass is 278 g/mol. The van der Waals surface area contributed by atoms with Crippen LogP contribution in [0.3, 0.4) is 0 Å². The molecule has 110 valence electrons. The van der Waals surface area contributed by atoms with Crippen molar-refractivity contribution in [1.29, 1.82) is 0 Å². The van der Waals surface area contributed by atoms with Crippen LogP contribution in [-0.4, -0.2) is 30.4 Å². The van der Waals surface area contributed by atoms with E-state index in [1.54, 1.807) is 19.1 Å². The third kappa shape index (κ3) is 3.79. The molecule has 3 nitrogen and oxygen atoms in total. The van der Waals surface area contributed by atoms with E-state index in [4.69, 9.17) is 0 Å². The van der Waals surface area contributed by atoms with Crippen molar-refractivity contribution < 1.29 is 9.18 Å². The predicted octanol–water partition coefficient (Wildman–Crippen LogP) is 2.80. The van der Waals surface area contributed by atoms with Gasteiger partial charge in [0, 0.05) is 19.1 Å². The number of aryl methyl sites for hydroxylation is 1. The molecule has 1 heterocycles. The maximum atomic E-state index is 13.5. The van der Waals surface area contributed by atoms with Gasteiger partial charge in [0.15, 0.2) is 0 Å². The fourth-order valence-electron chi connectivity index (χ4n) is 2.49. The van der Waals surface area contributed by atoms with Crippen LogP contribution < -0.4 is 5.32 Å². The van der Waals surface area contributed by atoms with Crippen LogP contribution in [0.15, 0.2) is 18.2 Å². The highest BCUT2D eigenvalue weighted by Crippen LogP contribution is 2.16. The summed E-state index contributed by atoms with van der Waals surface area (Å²) in [4.78, 5) is 14.0. The Labute approximate surface area is 120 Å². The molecule has 0 aromatic heterocycles. The van der Waals surface area contributed by atoms with E-state index < -0.39 is 0 Å². The number of rotatable bonds is 4. The normalized spacial score (nSPS) is 17.1. The van der Waals surface area contributed by atoms with E-state index in [0.717, 1.165) is 31.5 Å². The lowest BCUT2D eigenvalue weighted by atomic mass is 10.1. The van der Waals surface area contributed by atoms with Crippen molar-refractivity contribution in [2.75, 3.05) is 19.6 Å². The Hall–Kier alpha value is -1.42. The van der Waals surface area contributed by atoms with Gasteiger partial charge in [0.25, 0.3) is 0 Å². The Morgan fingerprint density at radius 1 is 1.35 bits per heavy atom. The van der Waals surface area contributed by atoms with Gasteiger partial charge in [-0.05, 0) is 50.3 Å². The largest absolute Gasteiger partial charge is 0.342 e. The molecule has 1 N–H and O–H groups in total. The summed E-state index contributed by atoms with van der Waals surface area (Å²) in [6, 6.07) is 5.19. The number of nitrogens with zero attached hydrogens (tertiary/aromatic N) is 1. The Kier molecular flexibility index (Phi) is 5.12. The van der Waals surface area contributed by atoms with Gasteiger partial charge in [0.2, 0.25) is 5.91 Å². The minimum atomic E-state index is -0.196. The Balaban J connectivity index is 1.86. The average Bonchev–Trinajstić information content (AvgIpc) is 2.48. The quantitative estimate of drug-likeness (QED) is 0.918. The summed E-state index contributed by atoms with van der Waals surface area (Å²) in [5.74, 6) is -0.0531. The first-order chi connectivity index (χ1) is 9.58. The van der Waals surface area contributed by atoms with Crippen LogP contribution in [0.5, 0.6) is 0 Å². The summed E-state index contributed by atoms with van der Waals surface area (Å²) in [5.41, 5.74) is 1.52. The molecule has 1 aromatic carbocycles. The number of piperidine rings is 1. The van der Waals surface area contributed by atoms with E-state index in [-0.39, 0.29) is 17.8 Å². The number of halogens is 1. The van der Waals surface area contributed by atoms with E-state index in [1.165, 1.54) is 6.42 Å². The van der Waals surface area contributed by atoms with Crippen LogP contribution in [0.1, 0.15) is 43.4 Å². The SMILES string of the molecule is Cc1ccc(C(C)NCC(=O)N2CCCCC2)cc1F. The van der Waals surface area contributed by atoms with Gasteiger partial charge in [-0.1, -0.05) is 12.1 Å². The smallest absolute Gasteiger partial charge is 0.236 e. The molecule has 2 rings (SSSR count). The molecular formula is C16H23FN2O. The van der Waals surface area contributed by atoms with Gasteiger partial charge in [-0.2, -0.15) is 0 Å². The number of hydrogen-bond donors (Lipinski definition) is 1. The third-order valence-electron chi connectivity index (χ3n) is 3.96. The molecule has 1 atom stereocenters. The number of amides is 1. The maximum absolute atomic E-state index is 13.5. The first-order valence-corrected chi connectivity index (χ1v) is 7.35. The number of hydrogen-bond acceptors (Lipinski definition) is 2. The molecule has 1 aliphatic rings. The molecule has 1 aromatic rings. The summed E-state index contributed by atoms with van der Waals surface area (Å²) < 4.78 is 13.5. The van der Waals surface area contributed by atoms with Crippen LogP contribution in [0.2, 0.25) is 0 Å². The summed E-state index contributed by atoms with van der Waals surface area (Å²) in [6.45, 7) is 5.75. The zero-order chi connectivity index (χ0) is 14.5. The second-order valence-corrected chi connectivity index (χ2v) is 5.55. The lowest BCUT2D eigenvalue weighted by Crippen LogP contribution is -2.41. The minimum Gasteiger partial charge on any atom is -0.342 e. The second-order valence-electron chi connectivity index (χ2n) is 5.55. The standard InChI is InChI=1S/C16H23FN2O/c1-12-6-7-14(10-15(12)17)13(2)18-11-16(20)19-8-4-3-5-9-19/h6-7,10,13,18H,3-5,8-9,11H2,1-2H3. The van der Waals surface area contributed by atoms with Crippen molar-refractivity contribution in [3.05, 3.63) is 35.1 Å². The van der Waals surface area contributed by atoms with Gasteiger partial charge < -0.3 is 10.2 Å². The molecule has 0 aliphatic carbocycles. The van der Waals surface area contributed by atoms with E-state index in [9.17, 15) is 9.18 Å². The molecule has 1 saturated heterocycles. The predicted molar refractivity (Wildman–Crippen MR) is 78.0 cm³/mol. The van der Waals surface area contributed by atoms with Crippen molar-refractivity contribution in [3.63, 3.8) is 0 Å². The molecule has 20 heavy (non-hydrogen) atoms. The third-order valence-corrected chi connectivity index (χ3v) is 3.96. The number of nitrogens with one attached hydrogen (secondary N) is 1. The van der Waals surface area contributed by atoms with Crippen LogP contribution in [0, 0.1) is 12.7 Å². The number of carbonyl (C=O) groups excluding carboxylic acids is 1. The highest BCUT2D eigenvalue weighted by Gasteiger charge is 2.17. The zero-order valence-electron chi connectivity index (χ0n) is 12.3. The summed E-state index contributed by atoms with van der Waals surface area (Å²) in [5, 5.41) is 3.18. The highest BCUT2D eigenvalue weighted by molar-refractivity contribution is 5.78. The fraction of sp³-hybridized carbons (Fsp3) is 0.562. The molecule has 1 unspecified atom stereocenters. The summed E-state index contributed by atoms with van der Waals surface area (Å²) in [6.07, 6.45) is 3.42. The van der Waals surface area contributed by atoms with E-state index in [1.807, 2.05) is 17.9 Å². The first kappa shape index (κ1) is 15.0. The maximum Gasteiger partial charge on any atom is 0.236 e. The first-order valence-electron chi connectivity index (χ1n) is 7.35. The Morgan fingerprint density at radius 3 is 2.70 bits per heavy atom. The van der Waals surface area contributed by atoms with E-state index in [0.29, 0.717) is 12.1 Å². The van der Waals surface area contributed by atoms with Gasteiger partial charge >= 0.3 is 0 Å². The van der Waals surface area contributed by atoms with Gasteiger partial charge in [0.1, 0.15) is 5.82 Å². The van der Waals surface area contributed by atoms with E-state index >= 15 is 0 Å². The molecule has 0 radical (unpaired) electrons. The molecular weight excluding hydrogens is 255 g/mol. The second kappa shape index (κ2) is 6.84. The van der Waals surface area contributed by atoms with Gasteiger partial charge in [-0.15, -0.1) is 0 Å². The summed E-state index contributed by atoms with van der Waals surface area (Å²) >= 11 is 0. The van der Waals surface area contributed by atoms with Gasteiger partial charge in [-0.3, -0.25) is 4.79 Å². The number of likely N-dealkylation sites (tertiary alicyclic amines) is 1. The van der Waals surface area contributed by atoms with Crippen LogP contribution in [-0.2, 0) is 4.79 Å². The average molecular weight is 278 g/mol. The van der Waals surface area contributed by atoms with Crippen LogP contribution in [0.4, 0.5) is 4.39 Å². The lowest BCUT2D eigenvalue weighted by molar-refractivity contribution is -0.131. The van der Waals surface area contributed by atoms with Gasteiger partial charge in [-0.25, -0.2) is 4.39 Å². The van der Waals surface area contributed by atoms with Crippen LogP contribution in [0.25, 0.3) is 0 Å². The van der Waals surface area contributed by atoms with Crippen molar-refractivity contribution in [2.45, 2.75) is 39.2 Å². The highest BCUT2D eigenvalue weighted by atomic mass is 19.1. The minimum absolute atomic E-state index is 0.0289. The molecule has 1 aliphatic heterocycles. The van der Waals surface area contributed by atoms with Gasteiger partial charge in [0.05, 0.1) is 6.54 Å². The molecule has 0 saturated carbocycles. The Morgan fingerprint density at radius 2 is 2.05 bits per heavy atom. The summed E-state index contributed by atoms with van der Waals surface area (Å²) in [7, 11) is 0. The molecule has 0 spiro atoms. The Bertz CT molecular complexity index is 470. The fourth-order valence-corrected chi connectivity index (χ4v) is 2.49. The van der Waals surface area contributed by atoms with Crippen molar-refractivity contribution >= 4 is 5.91 Å².